The standard InChI is InChI=1S/C23H25N7O2/c1-15(2)30-14-25-29-22(30)18-5-4-6-21(26-18)28-23(31)17-8-7-16-9-10-20(24-11-12-32-3)27-19(16)13-17/h4-10,13-15H,11-12H2,1-3H3,(H,24,27)(H,26,28,31). The second-order valence-electron chi connectivity index (χ2n) is 7.54. The molecule has 9 nitrogen and oxygen atoms in total. The van der Waals surface area contributed by atoms with E-state index in [1.807, 2.05) is 48.7 Å². The Balaban J connectivity index is 1.54. The highest BCUT2D eigenvalue weighted by Gasteiger charge is 2.13. The van der Waals surface area contributed by atoms with E-state index in [0.717, 1.165) is 16.7 Å². The number of aromatic nitrogens is 5. The molecule has 0 aliphatic heterocycles. The third-order valence-corrected chi connectivity index (χ3v) is 4.92. The molecule has 3 aromatic heterocycles. The summed E-state index contributed by atoms with van der Waals surface area (Å²) in [7, 11) is 1.65. The summed E-state index contributed by atoms with van der Waals surface area (Å²) in [6, 6.07) is 14.9. The molecule has 1 aromatic carbocycles. The number of rotatable bonds is 8. The fourth-order valence-corrected chi connectivity index (χ4v) is 3.26. The number of pyridine rings is 2. The van der Waals surface area contributed by atoms with Crippen molar-refractivity contribution in [2.45, 2.75) is 19.9 Å². The Hall–Kier alpha value is -3.85. The number of benzene rings is 1. The van der Waals surface area contributed by atoms with Gasteiger partial charge in [-0.05, 0) is 50.2 Å². The van der Waals surface area contributed by atoms with Crippen LogP contribution in [0.2, 0.25) is 0 Å². The first-order valence-electron chi connectivity index (χ1n) is 10.4. The van der Waals surface area contributed by atoms with Crippen LogP contribution in [0.25, 0.3) is 22.4 Å². The van der Waals surface area contributed by atoms with Crippen LogP contribution >= 0.6 is 0 Å². The van der Waals surface area contributed by atoms with Crippen LogP contribution < -0.4 is 10.6 Å². The topological polar surface area (TPSA) is 107 Å². The molecule has 164 valence electrons. The van der Waals surface area contributed by atoms with Gasteiger partial charge in [0.2, 0.25) is 0 Å². The van der Waals surface area contributed by atoms with Gasteiger partial charge < -0.3 is 19.9 Å². The van der Waals surface area contributed by atoms with E-state index in [-0.39, 0.29) is 11.9 Å². The normalized spacial score (nSPS) is 11.1. The van der Waals surface area contributed by atoms with Crippen LogP contribution in [0.3, 0.4) is 0 Å². The monoisotopic (exact) mass is 431 g/mol. The van der Waals surface area contributed by atoms with Gasteiger partial charge in [0, 0.05) is 30.6 Å². The molecular weight excluding hydrogens is 406 g/mol. The minimum atomic E-state index is -0.263. The van der Waals surface area contributed by atoms with Crippen molar-refractivity contribution in [2.24, 2.45) is 0 Å². The van der Waals surface area contributed by atoms with Gasteiger partial charge >= 0.3 is 0 Å². The number of hydrogen-bond acceptors (Lipinski definition) is 7. The second-order valence-corrected chi connectivity index (χ2v) is 7.54. The van der Waals surface area contributed by atoms with Gasteiger partial charge in [-0.2, -0.15) is 0 Å². The predicted octanol–water partition coefficient (Wildman–Crippen LogP) is 3.78. The largest absolute Gasteiger partial charge is 0.383 e. The molecule has 0 saturated carbocycles. The maximum atomic E-state index is 12.9. The molecule has 9 heteroatoms. The average Bonchev–Trinajstić information content (AvgIpc) is 3.29. The number of anilines is 2. The average molecular weight is 432 g/mol. The van der Waals surface area contributed by atoms with Crippen molar-refractivity contribution in [3.8, 4) is 11.5 Å². The van der Waals surface area contributed by atoms with Gasteiger partial charge in [-0.25, -0.2) is 9.97 Å². The minimum Gasteiger partial charge on any atom is -0.383 e. The molecule has 4 aromatic rings. The van der Waals surface area contributed by atoms with Gasteiger partial charge in [0.1, 0.15) is 23.7 Å². The van der Waals surface area contributed by atoms with Gasteiger partial charge in [0.25, 0.3) is 5.91 Å². The van der Waals surface area contributed by atoms with E-state index in [9.17, 15) is 4.79 Å². The van der Waals surface area contributed by atoms with Crippen LogP contribution in [0.15, 0.2) is 54.9 Å². The summed E-state index contributed by atoms with van der Waals surface area (Å²) in [5.41, 5.74) is 1.87. The van der Waals surface area contributed by atoms with Gasteiger partial charge in [-0.3, -0.25) is 4.79 Å². The third kappa shape index (κ3) is 4.73. The van der Waals surface area contributed by atoms with Crippen LogP contribution in [0.5, 0.6) is 0 Å². The molecule has 3 heterocycles. The first kappa shape index (κ1) is 21.4. The summed E-state index contributed by atoms with van der Waals surface area (Å²) in [6.07, 6.45) is 1.67. The van der Waals surface area contributed by atoms with Crippen molar-refractivity contribution >= 4 is 28.4 Å². The van der Waals surface area contributed by atoms with E-state index >= 15 is 0 Å². The molecule has 0 spiro atoms. The van der Waals surface area contributed by atoms with Crippen LogP contribution in [0.1, 0.15) is 30.2 Å². The van der Waals surface area contributed by atoms with Crippen molar-refractivity contribution in [3.63, 3.8) is 0 Å². The molecule has 0 atom stereocenters. The summed E-state index contributed by atoms with van der Waals surface area (Å²) in [5, 5.41) is 15.2. The maximum Gasteiger partial charge on any atom is 0.256 e. The zero-order chi connectivity index (χ0) is 22.5. The Morgan fingerprint density at radius 1 is 1.09 bits per heavy atom. The van der Waals surface area contributed by atoms with Crippen LogP contribution in [0, 0.1) is 0 Å². The number of carbonyl (C=O) groups excluding carboxylic acids is 1. The van der Waals surface area contributed by atoms with Gasteiger partial charge in [0.05, 0.1) is 12.1 Å². The Morgan fingerprint density at radius 3 is 2.75 bits per heavy atom. The zero-order valence-electron chi connectivity index (χ0n) is 18.2. The number of ether oxygens (including phenoxy) is 1. The summed E-state index contributed by atoms with van der Waals surface area (Å²) in [5.74, 6) is 1.56. The number of methoxy groups -OCH3 is 1. The number of amides is 1. The lowest BCUT2D eigenvalue weighted by atomic mass is 10.1. The summed E-state index contributed by atoms with van der Waals surface area (Å²) < 4.78 is 6.98. The maximum absolute atomic E-state index is 12.9. The Bertz CT molecular complexity index is 1240. The van der Waals surface area contributed by atoms with Crippen LogP contribution in [0.4, 0.5) is 11.6 Å². The molecule has 32 heavy (non-hydrogen) atoms. The fourth-order valence-electron chi connectivity index (χ4n) is 3.26. The predicted molar refractivity (Wildman–Crippen MR) is 124 cm³/mol. The summed E-state index contributed by atoms with van der Waals surface area (Å²) in [4.78, 5) is 22.0. The first-order valence-corrected chi connectivity index (χ1v) is 10.4. The molecule has 0 aliphatic rings. The van der Waals surface area contributed by atoms with Crippen molar-refractivity contribution < 1.29 is 9.53 Å². The Morgan fingerprint density at radius 2 is 1.94 bits per heavy atom. The fraction of sp³-hybridized carbons (Fsp3) is 0.261. The molecule has 0 saturated heterocycles. The van der Waals surface area contributed by atoms with E-state index in [2.05, 4.69) is 30.8 Å². The Kier molecular flexibility index (Phi) is 6.37. The SMILES string of the molecule is COCCNc1ccc2ccc(C(=O)Nc3cccc(-c4nncn4C(C)C)n3)cc2n1. The molecule has 0 aliphatic carbocycles. The molecule has 0 unspecified atom stereocenters. The highest BCUT2D eigenvalue weighted by Crippen LogP contribution is 2.21. The number of nitrogens with one attached hydrogen (secondary N) is 2. The lowest BCUT2D eigenvalue weighted by Crippen LogP contribution is -2.13. The number of fused-ring (bicyclic) bond motifs is 1. The van der Waals surface area contributed by atoms with Crippen molar-refractivity contribution in [3.05, 3.63) is 60.4 Å². The van der Waals surface area contributed by atoms with E-state index in [4.69, 9.17) is 4.74 Å². The smallest absolute Gasteiger partial charge is 0.256 e. The molecular formula is C23H25N7O2. The van der Waals surface area contributed by atoms with Crippen LogP contribution in [-0.2, 0) is 4.74 Å². The minimum absolute atomic E-state index is 0.194. The van der Waals surface area contributed by atoms with Crippen molar-refractivity contribution in [1.82, 2.24) is 24.7 Å². The van der Waals surface area contributed by atoms with Gasteiger partial charge in [0.15, 0.2) is 5.82 Å². The zero-order valence-corrected chi connectivity index (χ0v) is 18.2. The number of hydrogen-bond donors (Lipinski definition) is 2. The second kappa shape index (κ2) is 9.52. The van der Waals surface area contributed by atoms with Crippen molar-refractivity contribution in [2.75, 3.05) is 30.9 Å². The van der Waals surface area contributed by atoms with Crippen LogP contribution in [-0.4, -0.2) is 50.9 Å². The van der Waals surface area contributed by atoms with E-state index in [0.29, 0.717) is 36.1 Å². The number of carbonyl (C=O) groups is 1. The highest BCUT2D eigenvalue weighted by atomic mass is 16.5. The molecule has 0 fully saturated rings. The molecule has 2 N–H and O–H groups in total. The van der Waals surface area contributed by atoms with Gasteiger partial charge in [-0.15, -0.1) is 10.2 Å². The molecule has 0 radical (unpaired) electrons. The quantitative estimate of drug-likeness (QED) is 0.409. The summed E-state index contributed by atoms with van der Waals surface area (Å²) >= 11 is 0. The van der Waals surface area contributed by atoms with E-state index in [1.165, 1.54) is 0 Å². The molecule has 0 bridgehead atoms. The van der Waals surface area contributed by atoms with Gasteiger partial charge in [-0.1, -0.05) is 12.1 Å². The van der Waals surface area contributed by atoms with E-state index in [1.54, 1.807) is 31.6 Å². The lowest BCUT2D eigenvalue weighted by molar-refractivity contribution is 0.102. The first-order chi connectivity index (χ1) is 15.5. The third-order valence-electron chi connectivity index (χ3n) is 4.92. The lowest BCUT2D eigenvalue weighted by Gasteiger charge is -2.11. The van der Waals surface area contributed by atoms with Crippen molar-refractivity contribution in [1.29, 1.82) is 0 Å². The number of nitrogens with zero attached hydrogens (tertiary/aromatic N) is 5. The Labute approximate surface area is 185 Å². The summed E-state index contributed by atoms with van der Waals surface area (Å²) in [6.45, 7) is 5.33. The molecule has 4 rings (SSSR count). The highest BCUT2D eigenvalue weighted by molar-refractivity contribution is 6.05. The molecule has 1 amide bonds. The van der Waals surface area contributed by atoms with E-state index < -0.39 is 0 Å².